The van der Waals surface area contributed by atoms with Crippen LogP contribution in [0.4, 0.5) is 0 Å². The molecule has 100 valence electrons. The molecule has 0 amide bonds. The zero-order valence-corrected chi connectivity index (χ0v) is 12.1. The molecule has 0 bridgehead atoms. The lowest BCUT2D eigenvalue weighted by Gasteiger charge is -2.01. The Morgan fingerprint density at radius 1 is 1.15 bits per heavy atom. The first kappa shape index (κ1) is 13.1. The highest BCUT2D eigenvalue weighted by Crippen LogP contribution is 2.36. The highest BCUT2D eigenvalue weighted by Gasteiger charge is 2.07. The van der Waals surface area contributed by atoms with Crippen molar-refractivity contribution < 1.29 is 9.90 Å². The van der Waals surface area contributed by atoms with Gasteiger partial charge in [-0.15, -0.1) is 0 Å². The number of carboxylic acids is 1. The molecule has 0 radical (unpaired) electrons. The highest BCUT2D eigenvalue weighted by atomic mass is 32.2. The molecule has 0 saturated carbocycles. The maximum atomic E-state index is 10.6. The van der Waals surface area contributed by atoms with Crippen LogP contribution in [-0.4, -0.2) is 15.4 Å². The third-order valence-electron chi connectivity index (χ3n) is 2.84. The third-order valence-corrected chi connectivity index (χ3v) is 4.90. The fourth-order valence-electron chi connectivity index (χ4n) is 1.90. The number of rotatable bonds is 4. The normalized spacial score (nSPS) is 10.8. The molecule has 3 rings (SSSR count). The largest absolute Gasteiger partial charge is 0.481 e. The Morgan fingerprint density at radius 2 is 1.90 bits per heavy atom. The Hall–Kier alpha value is -1.85. The number of carboxylic acid groups (broad SMARTS) is 1. The van der Waals surface area contributed by atoms with Crippen molar-refractivity contribution in [2.24, 2.45) is 0 Å². The summed E-state index contributed by atoms with van der Waals surface area (Å²) in [5.41, 5.74) is 1.83. The average molecular weight is 301 g/mol. The van der Waals surface area contributed by atoms with Gasteiger partial charge in [0, 0.05) is 10.3 Å². The number of aromatic nitrogens is 1. The summed E-state index contributed by atoms with van der Waals surface area (Å²) < 4.78 is 5.57. The van der Waals surface area contributed by atoms with Crippen LogP contribution in [-0.2, 0) is 11.2 Å². The van der Waals surface area contributed by atoms with Gasteiger partial charge in [-0.25, -0.2) is 0 Å². The number of carbonyl (C=O) groups is 1. The van der Waals surface area contributed by atoms with Crippen LogP contribution in [0.3, 0.4) is 0 Å². The molecule has 0 spiro atoms. The van der Waals surface area contributed by atoms with Gasteiger partial charge in [0.2, 0.25) is 0 Å². The summed E-state index contributed by atoms with van der Waals surface area (Å²) in [7, 11) is 0. The molecule has 1 aromatic heterocycles. The van der Waals surface area contributed by atoms with Crippen molar-refractivity contribution in [2.75, 3.05) is 0 Å². The standard InChI is InChI=1S/C15H11NO2S2/c17-14(18)9-10-5-7-11(8-6-10)19-15-12-3-1-2-4-13(12)16-20-15/h1-8H,9H2,(H,17,18). The fraction of sp³-hybridized carbons (Fsp3) is 0.0667. The zero-order chi connectivity index (χ0) is 13.9. The highest BCUT2D eigenvalue weighted by molar-refractivity contribution is 8.01. The van der Waals surface area contributed by atoms with E-state index in [-0.39, 0.29) is 6.42 Å². The predicted molar refractivity (Wildman–Crippen MR) is 81.5 cm³/mol. The zero-order valence-electron chi connectivity index (χ0n) is 10.4. The van der Waals surface area contributed by atoms with Crippen LogP contribution in [0, 0.1) is 0 Å². The van der Waals surface area contributed by atoms with E-state index in [2.05, 4.69) is 10.4 Å². The Labute approximate surface area is 124 Å². The van der Waals surface area contributed by atoms with Gasteiger partial charge < -0.3 is 5.11 Å². The summed E-state index contributed by atoms with van der Waals surface area (Å²) in [6.07, 6.45) is 0.0639. The molecule has 0 aliphatic rings. The molecule has 0 saturated heterocycles. The van der Waals surface area contributed by atoms with Gasteiger partial charge in [0.25, 0.3) is 0 Å². The number of hydrogen-bond donors (Lipinski definition) is 1. The number of fused-ring (bicyclic) bond motifs is 1. The first-order chi connectivity index (χ1) is 9.72. The molecular formula is C15H11NO2S2. The molecule has 0 aliphatic heterocycles. The first-order valence-corrected chi connectivity index (χ1v) is 7.64. The van der Waals surface area contributed by atoms with Gasteiger partial charge in [-0.05, 0) is 35.3 Å². The second-order valence-corrected chi connectivity index (χ2v) is 6.42. The smallest absolute Gasteiger partial charge is 0.307 e. The van der Waals surface area contributed by atoms with Crippen LogP contribution < -0.4 is 0 Å². The summed E-state index contributed by atoms with van der Waals surface area (Å²) in [5, 5.41) is 9.91. The molecule has 0 atom stereocenters. The van der Waals surface area contributed by atoms with Crippen molar-refractivity contribution in [3.05, 3.63) is 54.1 Å². The van der Waals surface area contributed by atoms with Crippen LogP contribution >= 0.6 is 23.3 Å². The van der Waals surface area contributed by atoms with Crippen LogP contribution in [0.15, 0.2) is 57.6 Å². The van der Waals surface area contributed by atoms with Crippen LogP contribution in [0.1, 0.15) is 5.56 Å². The fourth-order valence-corrected chi connectivity index (χ4v) is 3.83. The Bertz CT molecular complexity index is 750. The Kier molecular flexibility index (Phi) is 3.71. The van der Waals surface area contributed by atoms with E-state index in [1.165, 1.54) is 11.5 Å². The van der Waals surface area contributed by atoms with Gasteiger partial charge >= 0.3 is 5.97 Å². The van der Waals surface area contributed by atoms with E-state index in [0.717, 1.165) is 25.6 Å². The quantitative estimate of drug-likeness (QED) is 0.789. The lowest BCUT2D eigenvalue weighted by molar-refractivity contribution is -0.136. The predicted octanol–water partition coefficient (Wildman–Crippen LogP) is 4.07. The van der Waals surface area contributed by atoms with Crippen molar-refractivity contribution in [1.29, 1.82) is 0 Å². The molecule has 2 aromatic carbocycles. The molecule has 3 nitrogen and oxygen atoms in total. The number of benzene rings is 2. The topological polar surface area (TPSA) is 50.2 Å². The van der Waals surface area contributed by atoms with Crippen molar-refractivity contribution >= 4 is 40.2 Å². The second kappa shape index (κ2) is 5.64. The van der Waals surface area contributed by atoms with Gasteiger partial charge in [-0.1, -0.05) is 42.1 Å². The first-order valence-electron chi connectivity index (χ1n) is 6.05. The molecule has 1 N–H and O–H groups in total. The monoisotopic (exact) mass is 301 g/mol. The minimum Gasteiger partial charge on any atom is -0.481 e. The van der Waals surface area contributed by atoms with E-state index in [9.17, 15) is 4.79 Å². The van der Waals surface area contributed by atoms with Gasteiger partial charge in [-0.2, -0.15) is 4.37 Å². The van der Waals surface area contributed by atoms with E-state index in [0.29, 0.717) is 0 Å². The SMILES string of the molecule is O=C(O)Cc1ccc(Sc2snc3ccccc23)cc1. The summed E-state index contributed by atoms with van der Waals surface area (Å²) in [5.74, 6) is -0.807. The molecule has 0 unspecified atom stereocenters. The lowest BCUT2D eigenvalue weighted by atomic mass is 10.2. The number of nitrogens with zero attached hydrogens (tertiary/aromatic N) is 1. The third kappa shape index (κ3) is 2.84. The molecule has 0 fully saturated rings. The molecule has 3 aromatic rings. The van der Waals surface area contributed by atoms with E-state index >= 15 is 0 Å². The average Bonchev–Trinajstić information content (AvgIpc) is 2.84. The van der Waals surface area contributed by atoms with Crippen molar-refractivity contribution in [1.82, 2.24) is 4.37 Å². The van der Waals surface area contributed by atoms with Gasteiger partial charge in [-0.3, -0.25) is 4.79 Å². The minimum absolute atomic E-state index is 0.0639. The van der Waals surface area contributed by atoms with Crippen molar-refractivity contribution in [2.45, 2.75) is 15.5 Å². The molecule has 5 heteroatoms. The Morgan fingerprint density at radius 3 is 2.65 bits per heavy atom. The summed E-state index contributed by atoms with van der Waals surface area (Å²) in [4.78, 5) is 11.7. The lowest BCUT2D eigenvalue weighted by Crippen LogP contribution is -1.99. The number of aliphatic carboxylic acids is 1. The van der Waals surface area contributed by atoms with E-state index < -0.39 is 5.97 Å². The minimum atomic E-state index is -0.807. The van der Waals surface area contributed by atoms with Crippen molar-refractivity contribution in [3.8, 4) is 0 Å². The molecule has 20 heavy (non-hydrogen) atoms. The van der Waals surface area contributed by atoms with E-state index in [1.807, 2.05) is 42.5 Å². The van der Waals surface area contributed by atoms with Crippen LogP contribution in [0.5, 0.6) is 0 Å². The second-order valence-electron chi connectivity index (χ2n) is 4.30. The summed E-state index contributed by atoms with van der Waals surface area (Å²) in [6, 6.07) is 15.7. The maximum absolute atomic E-state index is 10.6. The van der Waals surface area contributed by atoms with Gasteiger partial charge in [0.1, 0.15) is 0 Å². The molecule has 0 aliphatic carbocycles. The van der Waals surface area contributed by atoms with Gasteiger partial charge in [0.05, 0.1) is 16.1 Å². The molecular weight excluding hydrogens is 290 g/mol. The molecule has 1 heterocycles. The van der Waals surface area contributed by atoms with Crippen molar-refractivity contribution in [3.63, 3.8) is 0 Å². The van der Waals surface area contributed by atoms with E-state index in [4.69, 9.17) is 5.11 Å². The van der Waals surface area contributed by atoms with Gasteiger partial charge in [0.15, 0.2) is 0 Å². The van der Waals surface area contributed by atoms with Crippen LogP contribution in [0.2, 0.25) is 0 Å². The van der Waals surface area contributed by atoms with E-state index in [1.54, 1.807) is 11.8 Å². The maximum Gasteiger partial charge on any atom is 0.307 e. The summed E-state index contributed by atoms with van der Waals surface area (Å²) >= 11 is 3.15. The van der Waals surface area contributed by atoms with Crippen LogP contribution in [0.25, 0.3) is 10.9 Å². The Balaban J connectivity index is 1.82. The summed E-state index contributed by atoms with van der Waals surface area (Å²) in [6.45, 7) is 0. The number of hydrogen-bond acceptors (Lipinski definition) is 4.